The van der Waals surface area contributed by atoms with Gasteiger partial charge in [0, 0.05) is 65.0 Å². The first kappa shape index (κ1) is 48.0. The van der Waals surface area contributed by atoms with E-state index in [4.69, 9.17) is 33.2 Å². The van der Waals surface area contributed by atoms with E-state index in [1.165, 1.54) is 26.8 Å². The van der Waals surface area contributed by atoms with Crippen LogP contribution in [0.15, 0.2) is 64.5 Å². The molecule has 0 saturated heterocycles. The SMILES string of the molecule is CC(=O)OCC1=C[C@H](OC(C)=O)[C@@H]2C[C@H](OC(C)=O)C(C)=C([C@@H](OC(C)=O)/C(OC(C)=O)=C(\C)[C@@H](OC(C)=O)C[C@@H]1OC(=O)C(O)C(c1ccccc1)N(C)C)C2(C)C. The van der Waals surface area contributed by atoms with Crippen LogP contribution < -0.4 is 0 Å². The summed E-state index contributed by atoms with van der Waals surface area (Å²) in [5, 5.41) is 11.6. The smallest absolute Gasteiger partial charge is 0.337 e. The van der Waals surface area contributed by atoms with Gasteiger partial charge in [-0.3, -0.25) is 33.7 Å². The molecule has 8 atom stereocenters. The molecule has 0 heterocycles. The molecule has 324 valence electrons. The molecule has 0 radical (unpaired) electrons. The molecule has 0 spiro atoms. The lowest BCUT2D eigenvalue weighted by Gasteiger charge is -2.48. The number of likely N-dealkylation sites (N-methyl/N-ethyl adjacent to an activating group) is 1. The summed E-state index contributed by atoms with van der Waals surface area (Å²) in [4.78, 5) is 92.3. The highest BCUT2D eigenvalue weighted by atomic mass is 16.6. The van der Waals surface area contributed by atoms with Crippen LogP contribution in [0.2, 0.25) is 0 Å². The molecule has 0 aromatic heterocycles. The number of hydrogen-bond acceptors (Lipinski definition) is 16. The number of aliphatic hydroxyl groups is 1. The van der Waals surface area contributed by atoms with E-state index in [2.05, 4.69) is 0 Å². The third-order valence-corrected chi connectivity index (χ3v) is 10.4. The van der Waals surface area contributed by atoms with Crippen LogP contribution in [0.4, 0.5) is 0 Å². The van der Waals surface area contributed by atoms with Crippen molar-refractivity contribution in [3.63, 3.8) is 0 Å². The molecule has 1 aromatic rings. The zero-order chi connectivity index (χ0) is 44.5. The first-order valence-electron chi connectivity index (χ1n) is 19.2. The van der Waals surface area contributed by atoms with Crippen LogP contribution in [0.3, 0.4) is 0 Å². The minimum Gasteiger partial charge on any atom is -0.461 e. The molecular formula is C43H57NO15. The van der Waals surface area contributed by atoms with Crippen molar-refractivity contribution in [2.45, 2.75) is 125 Å². The van der Waals surface area contributed by atoms with Gasteiger partial charge in [-0.15, -0.1) is 0 Å². The maximum absolute atomic E-state index is 14.2. The van der Waals surface area contributed by atoms with Crippen LogP contribution in [0.1, 0.15) is 93.7 Å². The highest BCUT2D eigenvalue weighted by molar-refractivity contribution is 5.76. The molecule has 0 amide bonds. The van der Waals surface area contributed by atoms with Gasteiger partial charge in [-0.05, 0) is 62.6 Å². The van der Waals surface area contributed by atoms with Crippen LogP contribution in [0.5, 0.6) is 0 Å². The van der Waals surface area contributed by atoms with Crippen LogP contribution >= 0.6 is 0 Å². The molecule has 16 nitrogen and oxygen atoms in total. The maximum Gasteiger partial charge on any atom is 0.337 e. The van der Waals surface area contributed by atoms with Crippen LogP contribution in [-0.4, -0.2) is 109 Å². The Morgan fingerprint density at radius 1 is 0.712 bits per heavy atom. The number of fused-ring (bicyclic) bond motifs is 2. The van der Waals surface area contributed by atoms with Gasteiger partial charge in [0.15, 0.2) is 18.0 Å². The first-order chi connectivity index (χ1) is 27.5. The Morgan fingerprint density at radius 3 is 1.75 bits per heavy atom. The fraction of sp³-hybridized carbons (Fsp3) is 0.558. The predicted octanol–water partition coefficient (Wildman–Crippen LogP) is 4.38. The second kappa shape index (κ2) is 20.6. The van der Waals surface area contributed by atoms with E-state index in [1.807, 2.05) is 0 Å². The molecule has 16 heteroatoms. The van der Waals surface area contributed by atoms with E-state index in [1.54, 1.807) is 70.1 Å². The Balaban J connectivity index is 2.53. The summed E-state index contributed by atoms with van der Waals surface area (Å²) >= 11 is 0. The maximum atomic E-state index is 14.2. The van der Waals surface area contributed by atoms with Crippen molar-refractivity contribution in [2.24, 2.45) is 11.3 Å². The van der Waals surface area contributed by atoms with E-state index in [0.29, 0.717) is 16.7 Å². The summed E-state index contributed by atoms with van der Waals surface area (Å²) < 4.78 is 41.0. The number of esters is 7. The van der Waals surface area contributed by atoms with Gasteiger partial charge in [0.1, 0.15) is 31.0 Å². The minimum absolute atomic E-state index is 0.0520. The van der Waals surface area contributed by atoms with Crippen molar-refractivity contribution in [1.82, 2.24) is 4.90 Å². The van der Waals surface area contributed by atoms with Gasteiger partial charge in [0.2, 0.25) is 0 Å². The van der Waals surface area contributed by atoms with Gasteiger partial charge >= 0.3 is 41.8 Å². The molecule has 3 rings (SSSR count). The number of carbonyl (C=O) groups excluding carboxylic acids is 7. The molecule has 2 aliphatic carbocycles. The second-order valence-corrected chi connectivity index (χ2v) is 15.5. The molecule has 1 aromatic carbocycles. The monoisotopic (exact) mass is 827 g/mol. The Morgan fingerprint density at radius 2 is 1.25 bits per heavy atom. The van der Waals surface area contributed by atoms with Crippen LogP contribution in [0.25, 0.3) is 0 Å². The van der Waals surface area contributed by atoms with Gasteiger partial charge in [0.05, 0.1) is 6.04 Å². The third kappa shape index (κ3) is 12.6. The predicted molar refractivity (Wildman–Crippen MR) is 209 cm³/mol. The summed E-state index contributed by atoms with van der Waals surface area (Å²) in [6.45, 7) is 13.1. The first-order valence-corrected chi connectivity index (χ1v) is 19.2. The van der Waals surface area contributed by atoms with Gasteiger partial charge < -0.3 is 38.3 Å². The van der Waals surface area contributed by atoms with E-state index >= 15 is 0 Å². The average Bonchev–Trinajstić information content (AvgIpc) is 3.10. The summed E-state index contributed by atoms with van der Waals surface area (Å²) in [6, 6.07) is 7.83. The van der Waals surface area contributed by atoms with E-state index in [0.717, 1.165) is 27.7 Å². The Bertz CT molecular complexity index is 1860. The Labute approximate surface area is 344 Å². The number of aliphatic hydroxyl groups excluding tert-OH is 1. The molecule has 0 fully saturated rings. The normalized spacial score (nSPS) is 25.4. The zero-order valence-corrected chi connectivity index (χ0v) is 35.8. The van der Waals surface area contributed by atoms with Crippen LogP contribution in [0, 0.1) is 11.3 Å². The van der Waals surface area contributed by atoms with Crippen molar-refractivity contribution < 1.29 is 71.8 Å². The molecule has 2 bridgehead atoms. The van der Waals surface area contributed by atoms with Gasteiger partial charge in [-0.2, -0.15) is 0 Å². The lowest BCUT2D eigenvalue weighted by molar-refractivity contribution is -0.164. The highest BCUT2D eigenvalue weighted by Gasteiger charge is 2.52. The molecule has 59 heavy (non-hydrogen) atoms. The Hall–Kier alpha value is -5.35. The summed E-state index contributed by atoms with van der Waals surface area (Å²) in [5.74, 6) is -6.71. The number of ether oxygens (including phenoxy) is 7. The summed E-state index contributed by atoms with van der Waals surface area (Å²) in [7, 11) is 3.33. The van der Waals surface area contributed by atoms with Gasteiger partial charge in [-0.25, -0.2) is 4.79 Å². The average molecular weight is 828 g/mol. The van der Waals surface area contributed by atoms with Crippen molar-refractivity contribution in [3.05, 3.63) is 70.0 Å². The standard InChI is InChI=1S/C43H57NO15/c1-22-33(54-25(4)46)19-32-36(56-27(6)48)18-31(21-53-24(3)45)35(59-42(52)39(51)38(44(11)12)30-16-14-13-15-17-30)20-34(55-26(5)47)23(2)40(57-28(7)49)41(58-29(8)50)37(22)43(32,9)10/h13-18,32-36,38-39,41,51H,19-21H2,1-12H3/b31-18?,40-23-/t32-,33-,34-,35-,36-,38?,39?,41+/m0/s1. The molecule has 2 aliphatic rings. The van der Waals surface area contributed by atoms with E-state index < -0.39 is 109 Å². The van der Waals surface area contributed by atoms with Crippen LogP contribution in [-0.2, 0) is 66.7 Å². The molecule has 0 saturated carbocycles. The molecule has 0 aliphatic heterocycles. The Kier molecular flexibility index (Phi) is 16.7. The van der Waals surface area contributed by atoms with E-state index in [-0.39, 0.29) is 23.3 Å². The highest BCUT2D eigenvalue weighted by Crippen LogP contribution is 2.52. The van der Waals surface area contributed by atoms with Crippen molar-refractivity contribution in [2.75, 3.05) is 20.7 Å². The third-order valence-electron chi connectivity index (χ3n) is 10.4. The van der Waals surface area contributed by atoms with Crippen molar-refractivity contribution >= 4 is 41.8 Å². The molecular weight excluding hydrogens is 770 g/mol. The van der Waals surface area contributed by atoms with Gasteiger partial charge in [-0.1, -0.05) is 44.2 Å². The lowest BCUT2D eigenvalue weighted by Crippen LogP contribution is -2.49. The number of hydrogen-bond donors (Lipinski definition) is 1. The topological polar surface area (TPSA) is 208 Å². The minimum atomic E-state index is -1.79. The molecule has 2 unspecified atom stereocenters. The summed E-state index contributed by atoms with van der Waals surface area (Å²) in [6.07, 6.45) is -7.34. The van der Waals surface area contributed by atoms with E-state index in [9.17, 15) is 38.7 Å². The van der Waals surface area contributed by atoms with Crippen molar-refractivity contribution in [3.8, 4) is 0 Å². The molecule has 1 N–H and O–H groups in total. The quantitative estimate of drug-likeness (QED) is 0.176. The number of benzene rings is 1. The fourth-order valence-electron chi connectivity index (χ4n) is 7.88. The lowest BCUT2D eigenvalue weighted by atomic mass is 9.60. The summed E-state index contributed by atoms with van der Waals surface area (Å²) in [5.41, 5.74) is 0.338. The second-order valence-electron chi connectivity index (χ2n) is 15.5. The van der Waals surface area contributed by atoms with Gasteiger partial charge in [0.25, 0.3) is 0 Å². The zero-order valence-electron chi connectivity index (χ0n) is 35.8. The largest absolute Gasteiger partial charge is 0.461 e. The number of nitrogens with zero attached hydrogens (tertiary/aromatic N) is 1. The number of rotatable bonds is 12. The van der Waals surface area contributed by atoms with Crippen molar-refractivity contribution in [1.29, 1.82) is 0 Å². The number of carbonyl (C=O) groups is 7. The fourth-order valence-corrected chi connectivity index (χ4v) is 7.88.